The second kappa shape index (κ2) is 16.1. The fourth-order valence-electron chi connectivity index (χ4n) is 2.11. The van der Waals surface area contributed by atoms with Gasteiger partial charge in [0.05, 0.1) is 7.11 Å². The van der Waals surface area contributed by atoms with Crippen molar-refractivity contribution in [3.63, 3.8) is 0 Å². The summed E-state index contributed by atoms with van der Waals surface area (Å²) in [6, 6.07) is 0. The Labute approximate surface area is 125 Å². The molecule has 2 heteroatoms. The highest BCUT2D eigenvalue weighted by atomic mass is 16.5. The van der Waals surface area contributed by atoms with Gasteiger partial charge in [-0.05, 0) is 19.3 Å². The zero-order chi connectivity index (χ0) is 14.9. The number of carbonyl (C=O) groups is 1. The lowest BCUT2D eigenvalue weighted by Gasteiger charge is -1.98. The number of hydrogen-bond donors (Lipinski definition) is 0. The van der Waals surface area contributed by atoms with Crippen LogP contribution >= 0.6 is 0 Å². The molecule has 0 saturated heterocycles. The molecular weight excluding hydrogens is 248 g/mol. The van der Waals surface area contributed by atoms with Gasteiger partial charge in [0.25, 0.3) is 0 Å². The average Bonchev–Trinajstić information content (AvgIpc) is 2.47. The largest absolute Gasteiger partial charge is 0.469 e. The van der Waals surface area contributed by atoms with Crippen molar-refractivity contribution >= 4 is 5.97 Å². The molecule has 0 unspecified atom stereocenters. The van der Waals surface area contributed by atoms with Crippen LogP contribution in [0.1, 0.15) is 90.4 Å². The number of hydrogen-bond acceptors (Lipinski definition) is 2. The standard InChI is InChI=1S/C18H32O2/c1-3-4-5-6-7-8-9-10-11-12-13-14-15-16-17-18(19)20-2/h3-9,12-17H2,1-2H3. The van der Waals surface area contributed by atoms with Crippen LogP contribution in [0.25, 0.3) is 0 Å². The number of carbonyl (C=O) groups excluding carboxylic acids is 1. The fourth-order valence-corrected chi connectivity index (χ4v) is 2.11. The van der Waals surface area contributed by atoms with Gasteiger partial charge in [-0.3, -0.25) is 4.79 Å². The summed E-state index contributed by atoms with van der Waals surface area (Å²) in [5.74, 6) is 6.43. The van der Waals surface area contributed by atoms with Crippen LogP contribution in [0, 0.1) is 11.8 Å². The molecule has 0 rings (SSSR count). The summed E-state index contributed by atoms with van der Waals surface area (Å²) in [6.45, 7) is 2.25. The van der Waals surface area contributed by atoms with Crippen LogP contribution in [-0.2, 0) is 9.53 Å². The molecule has 20 heavy (non-hydrogen) atoms. The minimum Gasteiger partial charge on any atom is -0.469 e. The van der Waals surface area contributed by atoms with Gasteiger partial charge >= 0.3 is 5.97 Å². The predicted molar refractivity (Wildman–Crippen MR) is 85.5 cm³/mol. The summed E-state index contributed by atoms with van der Waals surface area (Å²) < 4.78 is 4.60. The molecule has 0 aliphatic carbocycles. The molecule has 0 fully saturated rings. The number of unbranched alkanes of at least 4 members (excludes halogenated alkanes) is 10. The maximum absolute atomic E-state index is 10.9. The van der Waals surface area contributed by atoms with E-state index in [9.17, 15) is 4.79 Å². The number of methoxy groups -OCH3 is 1. The van der Waals surface area contributed by atoms with Crippen LogP contribution in [0.15, 0.2) is 0 Å². The maximum Gasteiger partial charge on any atom is 0.305 e. The minimum absolute atomic E-state index is 0.0938. The van der Waals surface area contributed by atoms with Crippen LogP contribution < -0.4 is 0 Å². The third-order valence-electron chi connectivity index (χ3n) is 3.44. The van der Waals surface area contributed by atoms with E-state index < -0.39 is 0 Å². The fraction of sp³-hybridized carbons (Fsp3) is 0.833. The number of ether oxygens (including phenoxy) is 1. The van der Waals surface area contributed by atoms with Crippen molar-refractivity contribution in [2.45, 2.75) is 90.4 Å². The van der Waals surface area contributed by atoms with Gasteiger partial charge in [-0.25, -0.2) is 0 Å². The van der Waals surface area contributed by atoms with Crippen molar-refractivity contribution in [2.75, 3.05) is 7.11 Å². The van der Waals surface area contributed by atoms with Gasteiger partial charge in [0.2, 0.25) is 0 Å². The molecule has 0 aromatic rings. The molecule has 0 aliphatic heterocycles. The van der Waals surface area contributed by atoms with E-state index in [1.165, 1.54) is 52.1 Å². The zero-order valence-electron chi connectivity index (χ0n) is 13.5. The Morgan fingerprint density at radius 1 is 0.800 bits per heavy atom. The Balaban J connectivity index is 3.15. The number of rotatable bonds is 12. The van der Waals surface area contributed by atoms with Gasteiger partial charge in [0.15, 0.2) is 0 Å². The van der Waals surface area contributed by atoms with E-state index in [1.54, 1.807) is 0 Å². The van der Waals surface area contributed by atoms with E-state index in [1.807, 2.05) is 0 Å². The molecule has 0 heterocycles. The van der Waals surface area contributed by atoms with Crippen molar-refractivity contribution in [1.29, 1.82) is 0 Å². The topological polar surface area (TPSA) is 26.3 Å². The highest BCUT2D eigenvalue weighted by Gasteiger charge is 1.98. The summed E-state index contributed by atoms with van der Waals surface area (Å²) in [4.78, 5) is 10.9. The summed E-state index contributed by atoms with van der Waals surface area (Å²) in [6.07, 6.45) is 15.0. The Kier molecular flexibility index (Phi) is 15.3. The van der Waals surface area contributed by atoms with Crippen molar-refractivity contribution in [1.82, 2.24) is 0 Å². The molecule has 0 amide bonds. The maximum atomic E-state index is 10.9. The van der Waals surface area contributed by atoms with Crippen LogP contribution in [0.2, 0.25) is 0 Å². The summed E-state index contributed by atoms with van der Waals surface area (Å²) in [5, 5.41) is 0. The molecule has 0 saturated carbocycles. The third kappa shape index (κ3) is 15.1. The van der Waals surface area contributed by atoms with Gasteiger partial charge < -0.3 is 4.74 Å². The molecule has 0 bridgehead atoms. The first kappa shape index (κ1) is 19.0. The van der Waals surface area contributed by atoms with Gasteiger partial charge in [0.1, 0.15) is 0 Å². The lowest BCUT2D eigenvalue weighted by atomic mass is 10.1. The molecule has 0 aromatic carbocycles. The van der Waals surface area contributed by atoms with Crippen LogP contribution in [-0.4, -0.2) is 13.1 Å². The van der Waals surface area contributed by atoms with E-state index in [0.29, 0.717) is 6.42 Å². The molecule has 116 valence electrons. The van der Waals surface area contributed by atoms with Crippen LogP contribution in [0.5, 0.6) is 0 Å². The number of esters is 1. The van der Waals surface area contributed by atoms with Crippen molar-refractivity contribution in [3.8, 4) is 11.8 Å². The zero-order valence-corrected chi connectivity index (χ0v) is 13.5. The van der Waals surface area contributed by atoms with Gasteiger partial charge in [-0.2, -0.15) is 0 Å². The highest BCUT2D eigenvalue weighted by molar-refractivity contribution is 5.68. The molecule has 0 spiro atoms. The summed E-state index contributed by atoms with van der Waals surface area (Å²) in [7, 11) is 1.45. The molecule has 0 aliphatic rings. The molecule has 2 nitrogen and oxygen atoms in total. The van der Waals surface area contributed by atoms with Gasteiger partial charge in [-0.1, -0.05) is 51.9 Å². The van der Waals surface area contributed by atoms with E-state index in [0.717, 1.165) is 32.1 Å². The Morgan fingerprint density at radius 2 is 1.30 bits per heavy atom. The molecule has 0 N–H and O–H groups in total. The predicted octanol–water partition coefficient (Wildman–Crippen LogP) is 5.25. The van der Waals surface area contributed by atoms with Crippen molar-refractivity contribution in [2.24, 2.45) is 0 Å². The first-order valence-corrected chi connectivity index (χ1v) is 8.33. The lowest BCUT2D eigenvalue weighted by Crippen LogP contribution is -1.98. The average molecular weight is 280 g/mol. The van der Waals surface area contributed by atoms with E-state index >= 15 is 0 Å². The van der Waals surface area contributed by atoms with Crippen LogP contribution in [0.3, 0.4) is 0 Å². The molecule has 0 radical (unpaired) electrons. The van der Waals surface area contributed by atoms with E-state index in [2.05, 4.69) is 23.5 Å². The van der Waals surface area contributed by atoms with E-state index in [-0.39, 0.29) is 5.97 Å². The quantitative estimate of drug-likeness (QED) is 0.277. The monoisotopic (exact) mass is 280 g/mol. The van der Waals surface area contributed by atoms with Gasteiger partial charge in [0, 0.05) is 19.3 Å². The lowest BCUT2D eigenvalue weighted by molar-refractivity contribution is -0.140. The Hall–Kier alpha value is -0.970. The van der Waals surface area contributed by atoms with E-state index in [4.69, 9.17) is 0 Å². The van der Waals surface area contributed by atoms with Crippen molar-refractivity contribution in [3.05, 3.63) is 0 Å². The SMILES string of the molecule is CCCCCCCCC#CCCCCCCC(=O)OC. The smallest absolute Gasteiger partial charge is 0.305 e. The third-order valence-corrected chi connectivity index (χ3v) is 3.44. The highest BCUT2D eigenvalue weighted by Crippen LogP contribution is 2.07. The van der Waals surface area contributed by atoms with Crippen molar-refractivity contribution < 1.29 is 9.53 Å². The molecule has 0 aromatic heterocycles. The minimum atomic E-state index is -0.0938. The second-order valence-corrected chi connectivity index (χ2v) is 5.36. The normalized spacial score (nSPS) is 9.90. The second-order valence-electron chi connectivity index (χ2n) is 5.36. The summed E-state index contributed by atoms with van der Waals surface area (Å²) in [5.41, 5.74) is 0. The van der Waals surface area contributed by atoms with Crippen LogP contribution in [0.4, 0.5) is 0 Å². The Morgan fingerprint density at radius 3 is 1.85 bits per heavy atom. The first-order valence-electron chi connectivity index (χ1n) is 8.33. The molecular formula is C18H32O2. The Bertz CT molecular complexity index is 273. The molecule has 0 atom stereocenters. The first-order chi connectivity index (χ1) is 9.81. The van der Waals surface area contributed by atoms with Gasteiger partial charge in [-0.15, -0.1) is 11.8 Å². The summed E-state index contributed by atoms with van der Waals surface area (Å²) >= 11 is 0.